The van der Waals surface area contributed by atoms with Crippen molar-refractivity contribution in [1.82, 2.24) is 20.1 Å². The number of hydrogen-bond donors (Lipinski definition) is 1. The molecule has 1 atom stereocenters. The van der Waals surface area contributed by atoms with E-state index < -0.39 is 0 Å². The first-order valence-electron chi connectivity index (χ1n) is 12.4. The van der Waals surface area contributed by atoms with Gasteiger partial charge in [-0.25, -0.2) is 0 Å². The van der Waals surface area contributed by atoms with E-state index in [9.17, 15) is 9.59 Å². The van der Waals surface area contributed by atoms with Crippen LogP contribution in [0.25, 0.3) is 0 Å². The number of benzene rings is 1. The fraction of sp³-hybridized carbons (Fsp3) is 0.393. The molecule has 0 bridgehead atoms. The average molecular weight is 489 g/mol. The molecule has 1 spiro atoms. The minimum absolute atomic E-state index is 0.0169. The van der Waals surface area contributed by atoms with E-state index in [1.807, 2.05) is 58.9 Å². The molecule has 0 saturated carbocycles. The van der Waals surface area contributed by atoms with Gasteiger partial charge in [0.05, 0.1) is 16.3 Å². The molecule has 6 nitrogen and oxygen atoms in total. The monoisotopic (exact) mass is 488 g/mol. The van der Waals surface area contributed by atoms with Gasteiger partial charge in [-0.3, -0.25) is 14.6 Å². The second kappa shape index (κ2) is 10.7. The number of nitrogens with one attached hydrogen (secondary N) is 1. The summed E-state index contributed by atoms with van der Waals surface area (Å²) in [5.41, 5.74) is 2.01. The summed E-state index contributed by atoms with van der Waals surface area (Å²) < 4.78 is 0. The van der Waals surface area contributed by atoms with Gasteiger partial charge in [0, 0.05) is 32.0 Å². The number of rotatable bonds is 8. The van der Waals surface area contributed by atoms with E-state index in [2.05, 4.69) is 27.3 Å². The number of aromatic nitrogens is 1. The van der Waals surface area contributed by atoms with Crippen molar-refractivity contribution in [2.45, 2.75) is 38.3 Å². The molecule has 1 aromatic carbocycles. The highest BCUT2D eigenvalue weighted by Gasteiger charge is 2.47. The van der Waals surface area contributed by atoms with Gasteiger partial charge >= 0.3 is 0 Å². The minimum atomic E-state index is -0.203. The first-order chi connectivity index (χ1) is 17.1. The second-order valence-corrected chi connectivity index (χ2v) is 10.6. The SMILES string of the molecule is O=C(NC(CCN1CCC2(CC1)CCN(Cc1cccnc1)C2=O)c1ccccc1)c1cccs1. The summed E-state index contributed by atoms with van der Waals surface area (Å²) in [7, 11) is 0. The van der Waals surface area contributed by atoms with Gasteiger partial charge in [-0.1, -0.05) is 42.5 Å². The summed E-state index contributed by atoms with van der Waals surface area (Å²) in [6, 6.07) is 17.9. The van der Waals surface area contributed by atoms with Crippen LogP contribution in [0.4, 0.5) is 0 Å². The fourth-order valence-corrected chi connectivity index (χ4v) is 6.01. The van der Waals surface area contributed by atoms with Crippen molar-refractivity contribution in [3.05, 3.63) is 88.4 Å². The molecule has 0 aliphatic carbocycles. The van der Waals surface area contributed by atoms with Gasteiger partial charge in [-0.15, -0.1) is 11.3 Å². The molecule has 2 aliphatic heterocycles. The molecule has 2 amide bonds. The first kappa shape index (κ1) is 23.7. The predicted octanol–water partition coefficient (Wildman–Crippen LogP) is 4.52. The van der Waals surface area contributed by atoms with E-state index in [0.717, 1.165) is 67.9 Å². The molecule has 2 aliphatic rings. The zero-order valence-electron chi connectivity index (χ0n) is 19.9. The number of carbonyl (C=O) groups excluding carboxylic acids is 2. The van der Waals surface area contributed by atoms with Crippen LogP contribution in [0, 0.1) is 5.41 Å². The van der Waals surface area contributed by atoms with Gasteiger partial charge in [0.15, 0.2) is 0 Å². The number of pyridine rings is 1. The first-order valence-corrected chi connectivity index (χ1v) is 13.3. The van der Waals surface area contributed by atoms with Crippen LogP contribution in [0.1, 0.15) is 52.5 Å². The fourth-order valence-electron chi connectivity index (χ4n) is 5.38. The van der Waals surface area contributed by atoms with Gasteiger partial charge in [0.25, 0.3) is 5.91 Å². The quantitative estimate of drug-likeness (QED) is 0.506. The average Bonchev–Trinajstić information content (AvgIpc) is 3.54. The highest BCUT2D eigenvalue weighted by Crippen LogP contribution is 2.42. The van der Waals surface area contributed by atoms with Crippen molar-refractivity contribution in [3.8, 4) is 0 Å². The maximum Gasteiger partial charge on any atom is 0.261 e. The van der Waals surface area contributed by atoms with Crippen LogP contribution >= 0.6 is 11.3 Å². The van der Waals surface area contributed by atoms with Crippen molar-refractivity contribution < 1.29 is 9.59 Å². The van der Waals surface area contributed by atoms with Crippen molar-refractivity contribution in [3.63, 3.8) is 0 Å². The number of hydrogen-bond acceptors (Lipinski definition) is 5. The summed E-state index contributed by atoms with van der Waals surface area (Å²) in [6.07, 6.45) is 7.22. The van der Waals surface area contributed by atoms with E-state index in [4.69, 9.17) is 0 Å². The normalized spacial score (nSPS) is 18.6. The second-order valence-electron chi connectivity index (χ2n) is 9.66. The molecule has 35 heavy (non-hydrogen) atoms. The summed E-state index contributed by atoms with van der Waals surface area (Å²) in [5.74, 6) is 0.295. The van der Waals surface area contributed by atoms with Crippen molar-refractivity contribution >= 4 is 23.2 Å². The third-order valence-electron chi connectivity index (χ3n) is 7.50. The topological polar surface area (TPSA) is 65.5 Å². The zero-order valence-corrected chi connectivity index (χ0v) is 20.8. The van der Waals surface area contributed by atoms with Crippen LogP contribution in [0.5, 0.6) is 0 Å². The Balaban J connectivity index is 1.16. The third kappa shape index (κ3) is 5.46. The molecule has 7 heteroatoms. The molecule has 2 saturated heterocycles. The Hall–Kier alpha value is -3.03. The van der Waals surface area contributed by atoms with E-state index in [0.29, 0.717) is 12.5 Å². The van der Waals surface area contributed by atoms with E-state index in [-0.39, 0.29) is 17.4 Å². The van der Waals surface area contributed by atoms with Crippen LogP contribution in [0.15, 0.2) is 72.4 Å². The number of carbonyl (C=O) groups is 2. The molecule has 5 rings (SSSR count). The molecular formula is C28H32N4O2S. The molecule has 2 aromatic heterocycles. The molecule has 1 N–H and O–H groups in total. The lowest BCUT2D eigenvalue weighted by atomic mass is 9.77. The molecule has 1 unspecified atom stereocenters. The third-order valence-corrected chi connectivity index (χ3v) is 8.37. The lowest BCUT2D eigenvalue weighted by Gasteiger charge is -2.38. The molecule has 4 heterocycles. The van der Waals surface area contributed by atoms with Crippen LogP contribution in [-0.4, -0.2) is 52.8 Å². The summed E-state index contributed by atoms with van der Waals surface area (Å²) >= 11 is 1.46. The van der Waals surface area contributed by atoms with Gasteiger partial charge in [0.1, 0.15) is 0 Å². The summed E-state index contributed by atoms with van der Waals surface area (Å²) in [5, 5.41) is 5.17. The van der Waals surface area contributed by atoms with Crippen LogP contribution in [0.3, 0.4) is 0 Å². The van der Waals surface area contributed by atoms with Crippen molar-refractivity contribution in [2.24, 2.45) is 5.41 Å². The molecule has 2 fully saturated rings. The smallest absolute Gasteiger partial charge is 0.261 e. The summed E-state index contributed by atoms with van der Waals surface area (Å²) in [4.78, 5) is 35.5. The zero-order chi connectivity index (χ0) is 24.1. The van der Waals surface area contributed by atoms with Crippen molar-refractivity contribution in [1.29, 1.82) is 0 Å². The Bertz CT molecular complexity index is 1110. The minimum Gasteiger partial charge on any atom is -0.344 e. The summed E-state index contributed by atoms with van der Waals surface area (Å²) in [6.45, 7) is 4.23. The number of amides is 2. The Morgan fingerprint density at radius 1 is 1.03 bits per heavy atom. The predicted molar refractivity (Wildman–Crippen MR) is 138 cm³/mol. The maximum atomic E-state index is 13.3. The van der Waals surface area contributed by atoms with E-state index in [1.54, 1.807) is 6.20 Å². The van der Waals surface area contributed by atoms with Crippen LogP contribution in [0.2, 0.25) is 0 Å². The van der Waals surface area contributed by atoms with E-state index >= 15 is 0 Å². The Kier molecular flexibility index (Phi) is 7.25. The Morgan fingerprint density at radius 3 is 2.54 bits per heavy atom. The largest absolute Gasteiger partial charge is 0.344 e. The van der Waals surface area contributed by atoms with Gasteiger partial charge in [0.2, 0.25) is 5.91 Å². The molecule has 182 valence electrons. The highest BCUT2D eigenvalue weighted by atomic mass is 32.1. The molecule has 3 aromatic rings. The van der Waals surface area contributed by atoms with E-state index in [1.165, 1.54) is 11.3 Å². The number of nitrogens with zero attached hydrogens (tertiary/aromatic N) is 3. The number of thiophene rings is 1. The Morgan fingerprint density at radius 2 is 1.83 bits per heavy atom. The van der Waals surface area contributed by atoms with Gasteiger partial charge < -0.3 is 15.1 Å². The number of likely N-dealkylation sites (tertiary alicyclic amines) is 2. The highest BCUT2D eigenvalue weighted by molar-refractivity contribution is 7.12. The standard InChI is InChI=1S/C28H32N4O2S/c33-26(25-9-5-19-35-25)30-24(23-7-2-1-3-8-23)10-15-31-16-11-28(12-17-31)13-18-32(27(28)34)21-22-6-4-14-29-20-22/h1-9,14,19-20,24H,10-13,15-18,21H2,(H,30,33). The Labute approximate surface area is 211 Å². The molecule has 0 radical (unpaired) electrons. The molecular weight excluding hydrogens is 456 g/mol. The van der Waals surface area contributed by atoms with Crippen LogP contribution < -0.4 is 5.32 Å². The number of piperidine rings is 1. The van der Waals surface area contributed by atoms with Crippen LogP contribution in [-0.2, 0) is 11.3 Å². The lowest BCUT2D eigenvalue weighted by Crippen LogP contribution is -2.45. The van der Waals surface area contributed by atoms with Crippen molar-refractivity contribution in [2.75, 3.05) is 26.2 Å². The maximum absolute atomic E-state index is 13.3. The van der Waals surface area contributed by atoms with Gasteiger partial charge in [-0.2, -0.15) is 0 Å². The lowest BCUT2D eigenvalue weighted by molar-refractivity contribution is -0.138. The van der Waals surface area contributed by atoms with Gasteiger partial charge in [-0.05, 0) is 67.4 Å².